The first-order valence-corrected chi connectivity index (χ1v) is 9.29. The van der Waals surface area contributed by atoms with Crippen molar-refractivity contribution in [3.63, 3.8) is 0 Å². The van der Waals surface area contributed by atoms with Crippen molar-refractivity contribution >= 4 is 0 Å². The molecule has 0 fully saturated rings. The van der Waals surface area contributed by atoms with Crippen LogP contribution in [0.5, 0.6) is 5.75 Å². The highest BCUT2D eigenvalue weighted by molar-refractivity contribution is 5.93. The van der Waals surface area contributed by atoms with Crippen molar-refractivity contribution in [3.05, 3.63) is 102 Å². The predicted molar refractivity (Wildman–Crippen MR) is 112 cm³/mol. The normalized spacial score (nSPS) is 11.7. The Morgan fingerprint density at radius 2 is 1.30 bits per heavy atom. The van der Waals surface area contributed by atoms with Gasteiger partial charge in [0.25, 0.3) is 0 Å². The second kappa shape index (κ2) is 6.44. The van der Waals surface area contributed by atoms with Gasteiger partial charge in [0.1, 0.15) is 5.75 Å². The lowest BCUT2D eigenvalue weighted by Gasteiger charge is -2.16. The van der Waals surface area contributed by atoms with Crippen LogP contribution < -0.4 is 4.74 Å². The fourth-order valence-corrected chi connectivity index (χ4v) is 4.16. The second-order valence-corrected chi connectivity index (χ2v) is 6.94. The Morgan fingerprint density at radius 1 is 0.593 bits per heavy atom. The van der Waals surface area contributed by atoms with Crippen LogP contribution in [0.1, 0.15) is 11.1 Å². The first kappa shape index (κ1) is 15.9. The van der Waals surface area contributed by atoms with E-state index in [2.05, 4.69) is 78.9 Å². The smallest absolute Gasteiger partial charge is 0.118 e. The molecule has 0 aromatic heterocycles. The standard InChI is InChI=1S/C26H20O/c1-27-21-13-11-18(12-14-21)23-15-16-24-22-10-6-5-9-20(22)17-25(24)26(23)19-7-3-2-4-8-19/h2-16H,17H2,1H3. The SMILES string of the molecule is COc1ccc(-c2ccc3c(c2-c2ccccc2)Cc2ccccc2-3)cc1. The van der Waals surface area contributed by atoms with E-state index in [4.69, 9.17) is 4.74 Å². The van der Waals surface area contributed by atoms with Crippen molar-refractivity contribution in [2.24, 2.45) is 0 Å². The third kappa shape index (κ3) is 2.63. The Morgan fingerprint density at radius 3 is 2.07 bits per heavy atom. The number of ether oxygens (including phenoxy) is 1. The number of benzene rings is 4. The summed E-state index contributed by atoms with van der Waals surface area (Å²) in [4.78, 5) is 0. The van der Waals surface area contributed by atoms with E-state index >= 15 is 0 Å². The molecular formula is C26H20O. The lowest BCUT2D eigenvalue weighted by Crippen LogP contribution is -1.93. The molecule has 1 aliphatic carbocycles. The second-order valence-electron chi connectivity index (χ2n) is 6.94. The van der Waals surface area contributed by atoms with E-state index in [1.165, 1.54) is 44.5 Å². The lowest BCUT2D eigenvalue weighted by atomic mass is 9.88. The van der Waals surface area contributed by atoms with Gasteiger partial charge in [-0.2, -0.15) is 0 Å². The molecule has 27 heavy (non-hydrogen) atoms. The van der Waals surface area contributed by atoms with Crippen LogP contribution in [-0.2, 0) is 6.42 Å². The van der Waals surface area contributed by atoms with Crippen LogP contribution in [0.4, 0.5) is 0 Å². The van der Waals surface area contributed by atoms with E-state index in [-0.39, 0.29) is 0 Å². The Hall–Kier alpha value is -3.32. The van der Waals surface area contributed by atoms with Crippen LogP contribution in [0.15, 0.2) is 91.0 Å². The molecule has 0 unspecified atom stereocenters. The summed E-state index contributed by atoms with van der Waals surface area (Å²) in [5.74, 6) is 0.883. The minimum atomic E-state index is 0.883. The van der Waals surface area contributed by atoms with Crippen LogP contribution >= 0.6 is 0 Å². The Labute approximate surface area is 159 Å². The van der Waals surface area contributed by atoms with E-state index < -0.39 is 0 Å². The molecule has 4 aromatic carbocycles. The molecule has 1 nitrogen and oxygen atoms in total. The minimum Gasteiger partial charge on any atom is -0.497 e. The van der Waals surface area contributed by atoms with Crippen molar-refractivity contribution in [2.45, 2.75) is 6.42 Å². The van der Waals surface area contributed by atoms with Gasteiger partial charge in [-0.1, -0.05) is 78.9 Å². The molecule has 4 aromatic rings. The monoisotopic (exact) mass is 348 g/mol. The fraction of sp³-hybridized carbons (Fsp3) is 0.0769. The number of hydrogen-bond donors (Lipinski definition) is 0. The number of methoxy groups -OCH3 is 1. The molecular weight excluding hydrogens is 328 g/mol. The van der Waals surface area contributed by atoms with Gasteiger partial charge in [0, 0.05) is 0 Å². The fourth-order valence-electron chi connectivity index (χ4n) is 4.16. The minimum absolute atomic E-state index is 0.883. The van der Waals surface area contributed by atoms with Gasteiger partial charge in [-0.05, 0) is 63.1 Å². The summed E-state index contributed by atoms with van der Waals surface area (Å²) in [6.45, 7) is 0. The molecule has 0 saturated carbocycles. The molecule has 0 bridgehead atoms. The molecule has 5 rings (SSSR count). The third-order valence-corrected chi connectivity index (χ3v) is 5.45. The number of hydrogen-bond acceptors (Lipinski definition) is 1. The largest absolute Gasteiger partial charge is 0.497 e. The molecule has 1 aliphatic rings. The Kier molecular flexibility index (Phi) is 3.79. The van der Waals surface area contributed by atoms with E-state index in [1.54, 1.807) is 7.11 Å². The van der Waals surface area contributed by atoms with Crippen LogP contribution in [0.25, 0.3) is 33.4 Å². The molecule has 0 radical (unpaired) electrons. The van der Waals surface area contributed by atoms with Gasteiger partial charge in [0.05, 0.1) is 7.11 Å². The zero-order valence-corrected chi connectivity index (χ0v) is 15.3. The predicted octanol–water partition coefficient (Wildman–Crippen LogP) is 6.60. The summed E-state index contributed by atoms with van der Waals surface area (Å²) in [5, 5.41) is 0. The average Bonchev–Trinajstić information content (AvgIpc) is 3.12. The maximum absolute atomic E-state index is 5.34. The van der Waals surface area contributed by atoms with Gasteiger partial charge in [-0.3, -0.25) is 0 Å². The average molecular weight is 348 g/mol. The summed E-state index contributed by atoms with van der Waals surface area (Å²) in [7, 11) is 1.71. The summed E-state index contributed by atoms with van der Waals surface area (Å²) < 4.78 is 5.34. The molecule has 0 heterocycles. The third-order valence-electron chi connectivity index (χ3n) is 5.45. The first-order chi connectivity index (χ1) is 13.3. The van der Waals surface area contributed by atoms with Gasteiger partial charge in [-0.15, -0.1) is 0 Å². The van der Waals surface area contributed by atoms with E-state index in [9.17, 15) is 0 Å². The summed E-state index contributed by atoms with van der Waals surface area (Å²) in [6.07, 6.45) is 0.986. The van der Waals surface area contributed by atoms with Crippen LogP contribution in [-0.4, -0.2) is 7.11 Å². The van der Waals surface area contributed by atoms with Gasteiger partial charge in [-0.25, -0.2) is 0 Å². The van der Waals surface area contributed by atoms with E-state index in [1.807, 2.05) is 12.1 Å². The van der Waals surface area contributed by atoms with Crippen LogP contribution in [0.2, 0.25) is 0 Å². The van der Waals surface area contributed by atoms with E-state index in [0.29, 0.717) is 0 Å². The molecule has 1 heteroatoms. The van der Waals surface area contributed by atoms with Crippen LogP contribution in [0.3, 0.4) is 0 Å². The summed E-state index contributed by atoms with van der Waals surface area (Å²) >= 11 is 0. The van der Waals surface area contributed by atoms with Crippen molar-refractivity contribution in [1.82, 2.24) is 0 Å². The molecule has 130 valence electrons. The van der Waals surface area contributed by atoms with Gasteiger partial charge >= 0.3 is 0 Å². The van der Waals surface area contributed by atoms with Gasteiger partial charge in [0.15, 0.2) is 0 Å². The quantitative estimate of drug-likeness (QED) is 0.357. The molecule has 0 spiro atoms. The van der Waals surface area contributed by atoms with Crippen molar-refractivity contribution in [2.75, 3.05) is 7.11 Å². The Bertz CT molecular complexity index is 1110. The number of rotatable bonds is 3. The van der Waals surface area contributed by atoms with E-state index in [0.717, 1.165) is 12.2 Å². The maximum Gasteiger partial charge on any atom is 0.118 e. The summed E-state index contributed by atoms with van der Waals surface area (Å²) in [6, 6.07) is 32.4. The zero-order chi connectivity index (χ0) is 18.2. The van der Waals surface area contributed by atoms with Crippen molar-refractivity contribution in [3.8, 4) is 39.1 Å². The van der Waals surface area contributed by atoms with Crippen molar-refractivity contribution in [1.29, 1.82) is 0 Å². The van der Waals surface area contributed by atoms with Gasteiger partial charge < -0.3 is 4.74 Å². The molecule has 0 aliphatic heterocycles. The lowest BCUT2D eigenvalue weighted by molar-refractivity contribution is 0.415. The highest BCUT2D eigenvalue weighted by Crippen LogP contribution is 2.45. The first-order valence-electron chi connectivity index (χ1n) is 9.29. The highest BCUT2D eigenvalue weighted by atomic mass is 16.5. The van der Waals surface area contributed by atoms with Crippen LogP contribution in [0, 0.1) is 0 Å². The molecule has 0 N–H and O–H groups in total. The zero-order valence-electron chi connectivity index (χ0n) is 15.3. The molecule has 0 atom stereocenters. The topological polar surface area (TPSA) is 9.23 Å². The van der Waals surface area contributed by atoms with Gasteiger partial charge in [0.2, 0.25) is 0 Å². The number of fused-ring (bicyclic) bond motifs is 3. The highest BCUT2D eigenvalue weighted by Gasteiger charge is 2.23. The molecule has 0 amide bonds. The van der Waals surface area contributed by atoms with Crippen molar-refractivity contribution < 1.29 is 4.74 Å². The summed E-state index contributed by atoms with van der Waals surface area (Å²) in [5.41, 5.74) is 10.7. The molecule has 0 saturated heterocycles. The Balaban J connectivity index is 1.76. The maximum atomic E-state index is 5.34.